The molecular formula is C18H16BrFN4O4S. The van der Waals surface area contributed by atoms with Crippen LogP contribution in [0.25, 0.3) is 10.9 Å². The van der Waals surface area contributed by atoms with Crippen molar-refractivity contribution < 1.29 is 22.7 Å². The van der Waals surface area contributed by atoms with Crippen LogP contribution in [0.2, 0.25) is 0 Å². The Hall–Kier alpha value is -2.63. The summed E-state index contributed by atoms with van der Waals surface area (Å²) in [6.07, 6.45) is 1.47. The van der Waals surface area contributed by atoms with Crippen LogP contribution < -0.4 is 5.32 Å². The molecule has 0 aliphatic heterocycles. The van der Waals surface area contributed by atoms with Gasteiger partial charge in [-0.2, -0.15) is 0 Å². The van der Waals surface area contributed by atoms with Crippen LogP contribution in [0.1, 0.15) is 16.1 Å². The maximum Gasteiger partial charge on any atom is 0.274 e. The van der Waals surface area contributed by atoms with Gasteiger partial charge in [0.05, 0.1) is 4.90 Å². The quantitative estimate of drug-likeness (QED) is 0.540. The fourth-order valence-electron chi connectivity index (χ4n) is 2.61. The molecule has 29 heavy (non-hydrogen) atoms. The molecule has 2 aromatic heterocycles. The Bertz CT molecular complexity index is 1220. The zero-order valence-corrected chi connectivity index (χ0v) is 17.8. The van der Waals surface area contributed by atoms with Gasteiger partial charge in [0.15, 0.2) is 11.4 Å². The molecule has 0 bridgehead atoms. The number of pyridine rings is 2. The molecule has 0 fully saturated rings. The summed E-state index contributed by atoms with van der Waals surface area (Å²) in [4.78, 5) is 20.4. The molecule has 1 amide bonds. The number of sulfonamides is 1. The number of nitrogens with one attached hydrogen (secondary N) is 1. The van der Waals surface area contributed by atoms with E-state index in [1.54, 1.807) is 12.1 Å². The lowest BCUT2D eigenvalue weighted by atomic mass is 10.2. The summed E-state index contributed by atoms with van der Waals surface area (Å²) in [5.41, 5.74) is 0.102. The number of aromatic nitrogens is 2. The summed E-state index contributed by atoms with van der Waals surface area (Å²) in [6, 6.07) is 6.61. The van der Waals surface area contributed by atoms with E-state index in [-0.39, 0.29) is 28.2 Å². The predicted molar refractivity (Wildman–Crippen MR) is 107 cm³/mol. The van der Waals surface area contributed by atoms with Crippen molar-refractivity contribution in [2.45, 2.75) is 11.4 Å². The summed E-state index contributed by atoms with van der Waals surface area (Å²) >= 11 is 3.24. The summed E-state index contributed by atoms with van der Waals surface area (Å²) in [5, 5.41) is 13.4. The van der Waals surface area contributed by atoms with Crippen LogP contribution in [0.5, 0.6) is 5.75 Å². The number of benzene rings is 1. The standard InChI is InChI=1S/C18H16BrFN4O4S/c1-24(2)29(27,28)13-8-11(20)6-5-10(13)9-22-18(26)15-16(25)14-12(17(19)23-15)4-3-7-21-14/h3-8,25H,9H2,1-2H3,(H,22,26). The van der Waals surface area contributed by atoms with E-state index >= 15 is 0 Å². The molecule has 2 heterocycles. The fraction of sp³-hybridized carbons (Fsp3) is 0.167. The van der Waals surface area contributed by atoms with Gasteiger partial charge in [0, 0.05) is 32.2 Å². The third-order valence-corrected chi connectivity index (χ3v) is 6.63. The van der Waals surface area contributed by atoms with Gasteiger partial charge in [-0.15, -0.1) is 0 Å². The van der Waals surface area contributed by atoms with Crippen molar-refractivity contribution in [2.24, 2.45) is 0 Å². The van der Waals surface area contributed by atoms with Crippen molar-refractivity contribution in [1.82, 2.24) is 19.6 Å². The van der Waals surface area contributed by atoms with E-state index in [0.29, 0.717) is 9.99 Å². The smallest absolute Gasteiger partial charge is 0.274 e. The minimum atomic E-state index is -3.93. The molecule has 3 aromatic rings. The van der Waals surface area contributed by atoms with E-state index in [4.69, 9.17) is 0 Å². The Morgan fingerprint density at radius 3 is 2.72 bits per heavy atom. The SMILES string of the molecule is CN(C)S(=O)(=O)c1cc(F)ccc1CNC(=O)c1nc(Br)c2cccnc2c1O. The molecule has 0 saturated carbocycles. The minimum Gasteiger partial charge on any atom is -0.504 e. The number of hydrogen-bond acceptors (Lipinski definition) is 6. The molecule has 3 rings (SSSR count). The van der Waals surface area contributed by atoms with E-state index in [1.165, 1.54) is 26.4 Å². The van der Waals surface area contributed by atoms with Gasteiger partial charge >= 0.3 is 0 Å². The first-order valence-corrected chi connectivity index (χ1v) is 10.5. The van der Waals surface area contributed by atoms with Crippen LogP contribution in [-0.4, -0.2) is 47.8 Å². The lowest BCUT2D eigenvalue weighted by molar-refractivity contribution is 0.0942. The van der Waals surface area contributed by atoms with Gasteiger partial charge in [-0.1, -0.05) is 6.07 Å². The first-order chi connectivity index (χ1) is 13.6. The predicted octanol–water partition coefficient (Wildman–Crippen LogP) is 2.42. The van der Waals surface area contributed by atoms with Gasteiger partial charge in [0.1, 0.15) is 15.9 Å². The topological polar surface area (TPSA) is 112 Å². The van der Waals surface area contributed by atoms with Crippen LogP contribution in [0.3, 0.4) is 0 Å². The van der Waals surface area contributed by atoms with Gasteiger partial charge in [0.2, 0.25) is 10.0 Å². The third kappa shape index (κ3) is 4.07. The Kier molecular flexibility index (Phi) is 5.82. The maximum absolute atomic E-state index is 13.6. The van der Waals surface area contributed by atoms with Crippen LogP contribution in [0.4, 0.5) is 4.39 Å². The lowest BCUT2D eigenvalue weighted by Crippen LogP contribution is -2.27. The molecule has 0 aliphatic rings. The highest BCUT2D eigenvalue weighted by atomic mass is 79.9. The zero-order valence-electron chi connectivity index (χ0n) is 15.3. The number of halogens is 2. The second-order valence-electron chi connectivity index (χ2n) is 6.22. The number of carbonyl (C=O) groups is 1. The van der Waals surface area contributed by atoms with Gasteiger partial charge in [0.25, 0.3) is 5.91 Å². The van der Waals surface area contributed by atoms with Crippen LogP contribution in [0, 0.1) is 5.82 Å². The molecule has 0 atom stereocenters. The normalized spacial score (nSPS) is 11.8. The number of hydrogen-bond donors (Lipinski definition) is 2. The van der Waals surface area contributed by atoms with E-state index in [2.05, 4.69) is 31.2 Å². The van der Waals surface area contributed by atoms with Gasteiger partial charge in [-0.25, -0.2) is 22.1 Å². The first-order valence-electron chi connectivity index (χ1n) is 8.25. The Labute approximate surface area is 174 Å². The zero-order chi connectivity index (χ0) is 21.3. The van der Waals surface area contributed by atoms with E-state index in [1.807, 2.05) is 0 Å². The minimum absolute atomic E-state index is 0.186. The highest BCUT2D eigenvalue weighted by molar-refractivity contribution is 9.10. The first kappa shape index (κ1) is 21.1. The van der Waals surface area contributed by atoms with Crippen molar-refractivity contribution >= 4 is 42.8 Å². The molecular weight excluding hydrogens is 467 g/mol. The molecule has 0 aliphatic carbocycles. The summed E-state index contributed by atoms with van der Waals surface area (Å²) in [5.74, 6) is -1.86. The average molecular weight is 483 g/mol. The number of fused-ring (bicyclic) bond motifs is 1. The average Bonchev–Trinajstić information content (AvgIpc) is 2.69. The Morgan fingerprint density at radius 1 is 1.31 bits per heavy atom. The summed E-state index contributed by atoms with van der Waals surface area (Å²) in [6.45, 7) is -0.222. The molecule has 1 aromatic carbocycles. The third-order valence-electron chi connectivity index (χ3n) is 4.13. The van der Waals surface area contributed by atoms with Crippen molar-refractivity contribution in [3.05, 3.63) is 58.2 Å². The second kappa shape index (κ2) is 8.01. The van der Waals surface area contributed by atoms with Crippen molar-refractivity contribution in [2.75, 3.05) is 14.1 Å². The summed E-state index contributed by atoms with van der Waals surface area (Å²) < 4.78 is 39.8. The Morgan fingerprint density at radius 2 is 2.03 bits per heavy atom. The molecule has 0 saturated heterocycles. The number of nitrogens with zero attached hydrogens (tertiary/aromatic N) is 3. The van der Waals surface area contributed by atoms with Crippen LogP contribution in [0.15, 0.2) is 46.0 Å². The van der Waals surface area contributed by atoms with Gasteiger partial charge in [-0.05, 0) is 45.8 Å². The molecule has 0 radical (unpaired) electrons. The van der Waals surface area contributed by atoms with Crippen molar-refractivity contribution in [3.63, 3.8) is 0 Å². The van der Waals surface area contributed by atoms with Gasteiger partial charge in [-0.3, -0.25) is 9.78 Å². The highest BCUT2D eigenvalue weighted by Gasteiger charge is 2.23. The van der Waals surface area contributed by atoms with Crippen molar-refractivity contribution in [1.29, 1.82) is 0 Å². The number of aromatic hydroxyl groups is 1. The van der Waals surface area contributed by atoms with Crippen molar-refractivity contribution in [3.8, 4) is 5.75 Å². The van der Waals surface area contributed by atoms with E-state index < -0.39 is 27.5 Å². The van der Waals surface area contributed by atoms with Crippen LogP contribution in [-0.2, 0) is 16.6 Å². The highest BCUT2D eigenvalue weighted by Crippen LogP contribution is 2.30. The van der Waals surface area contributed by atoms with Gasteiger partial charge < -0.3 is 10.4 Å². The summed E-state index contributed by atoms with van der Waals surface area (Å²) in [7, 11) is -1.28. The molecule has 11 heteroatoms. The monoisotopic (exact) mass is 482 g/mol. The lowest BCUT2D eigenvalue weighted by Gasteiger charge is -2.16. The molecule has 0 unspecified atom stereocenters. The molecule has 8 nitrogen and oxygen atoms in total. The number of rotatable bonds is 5. The largest absolute Gasteiger partial charge is 0.504 e. The Balaban J connectivity index is 1.93. The van der Waals surface area contributed by atoms with E-state index in [9.17, 15) is 22.7 Å². The van der Waals surface area contributed by atoms with Crippen LogP contribution >= 0.6 is 15.9 Å². The number of amides is 1. The molecule has 2 N–H and O–H groups in total. The van der Waals surface area contributed by atoms with E-state index in [0.717, 1.165) is 16.4 Å². The molecule has 0 spiro atoms. The maximum atomic E-state index is 13.6. The second-order valence-corrected chi connectivity index (χ2v) is 9.09. The molecule has 152 valence electrons. The fourth-order valence-corrected chi connectivity index (χ4v) is 4.24. The number of carbonyl (C=O) groups excluding carboxylic acids is 1.